The summed E-state index contributed by atoms with van der Waals surface area (Å²) in [7, 11) is 1.54. The fraction of sp³-hybridized carbons (Fsp3) is 0.364. The lowest BCUT2D eigenvalue weighted by molar-refractivity contribution is 0.0788. The van der Waals surface area contributed by atoms with Crippen LogP contribution >= 0.6 is 0 Å². The Morgan fingerprint density at radius 3 is 2.31 bits per heavy atom. The largest absolute Gasteiger partial charge is 0.340 e. The van der Waals surface area contributed by atoms with Gasteiger partial charge in [0, 0.05) is 31.3 Å². The topological polar surface area (TPSA) is 46.3 Å². The van der Waals surface area contributed by atoms with Gasteiger partial charge in [0.05, 0.1) is 0 Å². The van der Waals surface area contributed by atoms with Crippen LogP contribution in [0, 0.1) is 11.6 Å². The highest BCUT2D eigenvalue weighted by Gasteiger charge is 2.14. The Hall–Kier alpha value is -1.49. The van der Waals surface area contributed by atoms with Crippen molar-refractivity contribution in [3.05, 3.63) is 35.4 Å². The molecule has 0 aliphatic rings. The molecule has 0 saturated heterocycles. The molecule has 1 aromatic rings. The molecule has 0 heterocycles. The summed E-state index contributed by atoms with van der Waals surface area (Å²) in [6.45, 7) is 2.08. The number of carbonyl (C=O) groups excluding carboxylic acids is 1. The van der Waals surface area contributed by atoms with Gasteiger partial charge < -0.3 is 10.6 Å². The van der Waals surface area contributed by atoms with Crippen LogP contribution in [0.2, 0.25) is 0 Å². The molecule has 88 valence electrons. The number of rotatable bonds is 3. The molecule has 1 atom stereocenters. The third-order valence-corrected chi connectivity index (χ3v) is 2.02. The van der Waals surface area contributed by atoms with Crippen LogP contribution in [0.3, 0.4) is 0 Å². The van der Waals surface area contributed by atoms with Crippen molar-refractivity contribution in [2.24, 2.45) is 5.73 Å². The quantitative estimate of drug-likeness (QED) is 0.849. The summed E-state index contributed by atoms with van der Waals surface area (Å²) in [5.74, 6) is -1.98. The predicted octanol–water partition coefficient (Wildman–Crippen LogP) is 1.38. The average Bonchev–Trinajstić information content (AvgIpc) is 2.13. The molecule has 2 N–H and O–H groups in total. The van der Waals surface area contributed by atoms with Gasteiger partial charge in [0.25, 0.3) is 5.91 Å². The zero-order valence-electron chi connectivity index (χ0n) is 9.21. The maximum Gasteiger partial charge on any atom is 0.253 e. The first-order valence-corrected chi connectivity index (χ1v) is 4.87. The van der Waals surface area contributed by atoms with E-state index in [1.54, 1.807) is 6.92 Å². The summed E-state index contributed by atoms with van der Waals surface area (Å²) in [5, 5.41) is 0. The smallest absolute Gasteiger partial charge is 0.253 e. The maximum atomic E-state index is 12.9. The number of amides is 1. The fourth-order valence-electron chi connectivity index (χ4n) is 1.41. The van der Waals surface area contributed by atoms with E-state index in [1.807, 2.05) is 0 Å². The highest BCUT2D eigenvalue weighted by atomic mass is 19.1. The highest BCUT2D eigenvalue weighted by Crippen LogP contribution is 2.10. The van der Waals surface area contributed by atoms with Gasteiger partial charge in [-0.3, -0.25) is 4.79 Å². The lowest BCUT2D eigenvalue weighted by atomic mass is 10.2. The fourth-order valence-corrected chi connectivity index (χ4v) is 1.41. The molecule has 1 aromatic carbocycles. The molecule has 5 heteroatoms. The van der Waals surface area contributed by atoms with Crippen molar-refractivity contribution in [2.75, 3.05) is 13.6 Å². The van der Waals surface area contributed by atoms with Crippen molar-refractivity contribution in [3.63, 3.8) is 0 Å². The van der Waals surface area contributed by atoms with E-state index in [9.17, 15) is 13.6 Å². The molecule has 1 rings (SSSR count). The van der Waals surface area contributed by atoms with E-state index in [2.05, 4.69) is 0 Å². The van der Waals surface area contributed by atoms with Crippen LogP contribution < -0.4 is 5.73 Å². The van der Waals surface area contributed by atoms with Gasteiger partial charge in [0.2, 0.25) is 0 Å². The molecule has 3 nitrogen and oxygen atoms in total. The van der Waals surface area contributed by atoms with Crippen LogP contribution in [0.15, 0.2) is 18.2 Å². The van der Waals surface area contributed by atoms with Gasteiger partial charge >= 0.3 is 0 Å². The molecule has 0 spiro atoms. The Bertz CT molecular complexity index is 373. The highest BCUT2D eigenvalue weighted by molar-refractivity contribution is 5.94. The number of hydrogen-bond acceptors (Lipinski definition) is 2. The molecular weight excluding hydrogens is 214 g/mol. The van der Waals surface area contributed by atoms with Crippen molar-refractivity contribution >= 4 is 5.91 Å². The molecule has 0 radical (unpaired) electrons. The molecule has 0 aliphatic heterocycles. The van der Waals surface area contributed by atoms with Gasteiger partial charge in [-0.2, -0.15) is 0 Å². The van der Waals surface area contributed by atoms with Crippen molar-refractivity contribution in [3.8, 4) is 0 Å². The summed E-state index contributed by atoms with van der Waals surface area (Å²) in [6.07, 6.45) is 0. The summed E-state index contributed by atoms with van der Waals surface area (Å²) >= 11 is 0. The molecule has 0 saturated carbocycles. The van der Waals surface area contributed by atoms with Gasteiger partial charge in [-0.15, -0.1) is 0 Å². The van der Waals surface area contributed by atoms with Crippen molar-refractivity contribution in [2.45, 2.75) is 13.0 Å². The van der Waals surface area contributed by atoms with Crippen molar-refractivity contribution < 1.29 is 13.6 Å². The number of carbonyl (C=O) groups is 1. The number of halogens is 2. The molecule has 0 aliphatic carbocycles. The number of hydrogen-bond donors (Lipinski definition) is 1. The number of nitrogens with two attached hydrogens (primary N) is 1. The Balaban J connectivity index is 2.87. The van der Waals surface area contributed by atoms with E-state index >= 15 is 0 Å². The molecule has 0 aromatic heterocycles. The second-order valence-corrected chi connectivity index (χ2v) is 3.82. The molecule has 16 heavy (non-hydrogen) atoms. The average molecular weight is 228 g/mol. The zero-order chi connectivity index (χ0) is 12.3. The van der Waals surface area contributed by atoms with Crippen LogP contribution in [-0.2, 0) is 0 Å². The Morgan fingerprint density at radius 2 is 1.88 bits per heavy atom. The van der Waals surface area contributed by atoms with E-state index in [0.717, 1.165) is 18.2 Å². The number of benzene rings is 1. The maximum absolute atomic E-state index is 12.9. The second-order valence-electron chi connectivity index (χ2n) is 3.82. The van der Waals surface area contributed by atoms with Gasteiger partial charge in [0.1, 0.15) is 11.6 Å². The normalized spacial score (nSPS) is 12.3. The number of likely N-dealkylation sites (N-methyl/N-ethyl adjacent to an activating group) is 1. The third-order valence-electron chi connectivity index (χ3n) is 2.02. The first-order chi connectivity index (χ1) is 7.40. The monoisotopic (exact) mass is 228 g/mol. The minimum Gasteiger partial charge on any atom is -0.340 e. The molecule has 0 fully saturated rings. The van der Waals surface area contributed by atoms with E-state index in [1.165, 1.54) is 11.9 Å². The van der Waals surface area contributed by atoms with Crippen LogP contribution in [0.4, 0.5) is 8.78 Å². The van der Waals surface area contributed by atoms with E-state index in [4.69, 9.17) is 5.73 Å². The van der Waals surface area contributed by atoms with Gasteiger partial charge in [0.15, 0.2) is 0 Å². The standard InChI is InChI=1S/C11H14F2N2O/c1-7(14)6-15(2)11(16)8-3-9(12)5-10(13)4-8/h3-5,7H,6,14H2,1-2H3. The first kappa shape index (κ1) is 12.6. The Labute approximate surface area is 92.8 Å². The van der Waals surface area contributed by atoms with Crippen LogP contribution in [0.1, 0.15) is 17.3 Å². The SMILES string of the molecule is CC(N)CN(C)C(=O)c1cc(F)cc(F)c1. The minimum atomic E-state index is -0.766. The van der Waals surface area contributed by atoms with Crippen LogP contribution in [0.25, 0.3) is 0 Å². The second kappa shape index (κ2) is 5.03. The Morgan fingerprint density at radius 1 is 1.38 bits per heavy atom. The zero-order valence-corrected chi connectivity index (χ0v) is 9.21. The molecule has 1 unspecified atom stereocenters. The predicted molar refractivity (Wildman–Crippen MR) is 57.0 cm³/mol. The minimum absolute atomic E-state index is 0.0133. The van der Waals surface area contributed by atoms with Gasteiger partial charge in [-0.1, -0.05) is 0 Å². The lowest BCUT2D eigenvalue weighted by Crippen LogP contribution is -2.37. The summed E-state index contributed by atoms with van der Waals surface area (Å²) in [5.41, 5.74) is 5.51. The molecule has 0 bridgehead atoms. The van der Waals surface area contributed by atoms with E-state index in [-0.39, 0.29) is 11.6 Å². The van der Waals surface area contributed by atoms with Crippen LogP contribution in [0.5, 0.6) is 0 Å². The lowest BCUT2D eigenvalue weighted by Gasteiger charge is -2.19. The summed E-state index contributed by atoms with van der Waals surface area (Å²) in [6, 6.07) is 2.54. The molecular formula is C11H14F2N2O. The summed E-state index contributed by atoms with van der Waals surface area (Å²) < 4.78 is 25.8. The van der Waals surface area contributed by atoms with Gasteiger partial charge in [-0.25, -0.2) is 8.78 Å². The van der Waals surface area contributed by atoms with Crippen molar-refractivity contribution in [1.82, 2.24) is 4.90 Å². The molecule has 1 amide bonds. The third kappa shape index (κ3) is 3.27. The van der Waals surface area contributed by atoms with Gasteiger partial charge in [-0.05, 0) is 19.1 Å². The van der Waals surface area contributed by atoms with Crippen LogP contribution in [-0.4, -0.2) is 30.4 Å². The Kier molecular flexibility index (Phi) is 3.95. The number of nitrogens with zero attached hydrogens (tertiary/aromatic N) is 1. The van der Waals surface area contributed by atoms with E-state index < -0.39 is 17.5 Å². The van der Waals surface area contributed by atoms with E-state index in [0.29, 0.717) is 6.54 Å². The first-order valence-electron chi connectivity index (χ1n) is 4.87. The summed E-state index contributed by atoms with van der Waals surface area (Å²) in [4.78, 5) is 13.1. The van der Waals surface area contributed by atoms with Crippen molar-refractivity contribution in [1.29, 1.82) is 0 Å².